The van der Waals surface area contributed by atoms with Crippen molar-refractivity contribution in [2.45, 2.75) is 51.6 Å². The van der Waals surface area contributed by atoms with Crippen LogP contribution in [0.1, 0.15) is 45.4 Å². The van der Waals surface area contributed by atoms with Crippen LogP contribution in [0.15, 0.2) is 48.5 Å². The van der Waals surface area contributed by atoms with Crippen molar-refractivity contribution in [2.24, 2.45) is 5.92 Å². The van der Waals surface area contributed by atoms with Crippen LogP contribution in [0.5, 0.6) is 11.5 Å². The summed E-state index contributed by atoms with van der Waals surface area (Å²) in [4.78, 5) is 22.6. The highest BCUT2D eigenvalue weighted by Crippen LogP contribution is 2.26. The first-order valence-corrected chi connectivity index (χ1v) is 10.5. The summed E-state index contributed by atoms with van der Waals surface area (Å²) in [6.07, 6.45) is 7.01. The molecule has 1 N–H and O–H groups in total. The second-order valence-electron chi connectivity index (χ2n) is 7.67. The maximum atomic E-state index is 12.3. The highest BCUT2D eigenvalue weighted by Gasteiger charge is 2.16. The van der Waals surface area contributed by atoms with Crippen molar-refractivity contribution >= 4 is 17.3 Å². The number of anilines is 1. The Labute approximate surface area is 176 Å². The van der Waals surface area contributed by atoms with Gasteiger partial charge in [-0.1, -0.05) is 32.1 Å². The summed E-state index contributed by atoms with van der Waals surface area (Å²) >= 11 is 0. The molecule has 1 saturated carbocycles. The molecule has 1 unspecified atom stereocenters. The number of amides is 1. The lowest BCUT2D eigenvalue weighted by atomic mass is 9.87. The first-order valence-electron chi connectivity index (χ1n) is 10.5. The summed E-state index contributed by atoms with van der Waals surface area (Å²) < 4.78 is 11.4. The lowest BCUT2D eigenvalue weighted by Gasteiger charge is -2.21. The molecule has 1 aliphatic carbocycles. The zero-order valence-electron chi connectivity index (χ0n) is 17.2. The molecule has 0 saturated heterocycles. The number of carbonyl (C=O) groups is 1. The van der Waals surface area contributed by atoms with Gasteiger partial charge in [-0.3, -0.25) is 14.9 Å². The van der Waals surface area contributed by atoms with Gasteiger partial charge in [0.05, 0.1) is 11.5 Å². The average molecular weight is 412 g/mol. The van der Waals surface area contributed by atoms with Gasteiger partial charge in [-0.15, -0.1) is 0 Å². The molecule has 7 nitrogen and oxygen atoms in total. The summed E-state index contributed by atoms with van der Waals surface area (Å²) in [6, 6.07) is 12.9. The minimum absolute atomic E-state index is 0.0273. The Bertz CT molecular complexity index is 830. The smallest absolute Gasteiger partial charge is 0.269 e. The second-order valence-corrected chi connectivity index (χ2v) is 7.67. The predicted molar refractivity (Wildman–Crippen MR) is 115 cm³/mol. The molecule has 1 atom stereocenters. The molecule has 2 aromatic rings. The zero-order chi connectivity index (χ0) is 21.3. The second kappa shape index (κ2) is 10.6. The fraction of sp³-hybridized carbons (Fsp3) is 0.435. The van der Waals surface area contributed by atoms with Crippen molar-refractivity contribution in [3.05, 3.63) is 58.6 Å². The van der Waals surface area contributed by atoms with E-state index in [0.717, 1.165) is 24.7 Å². The van der Waals surface area contributed by atoms with Gasteiger partial charge in [-0.25, -0.2) is 0 Å². The SMILES string of the molecule is CC(Oc1ccc([N+](=O)[O-])cc1)C(=O)Nc1ccc(OCCC2CCCCC2)cc1. The topological polar surface area (TPSA) is 90.7 Å². The summed E-state index contributed by atoms with van der Waals surface area (Å²) in [5.41, 5.74) is 0.624. The molecule has 0 radical (unpaired) electrons. The number of hydrogen-bond donors (Lipinski definition) is 1. The minimum atomic E-state index is -0.752. The summed E-state index contributed by atoms with van der Waals surface area (Å²) in [6.45, 7) is 2.34. The van der Waals surface area contributed by atoms with E-state index < -0.39 is 11.0 Å². The number of hydrogen-bond acceptors (Lipinski definition) is 5. The number of nitro benzene ring substituents is 1. The Balaban J connectivity index is 1.43. The van der Waals surface area contributed by atoms with E-state index in [2.05, 4.69) is 5.32 Å². The van der Waals surface area contributed by atoms with E-state index in [-0.39, 0.29) is 11.6 Å². The van der Waals surface area contributed by atoms with Gasteiger partial charge in [0, 0.05) is 17.8 Å². The van der Waals surface area contributed by atoms with E-state index in [4.69, 9.17) is 9.47 Å². The van der Waals surface area contributed by atoms with Gasteiger partial charge in [0.25, 0.3) is 11.6 Å². The molecule has 0 aliphatic heterocycles. The molecular formula is C23H28N2O5. The number of carbonyl (C=O) groups excluding carboxylic acids is 1. The summed E-state index contributed by atoms with van der Waals surface area (Å²) in [7, 11) is 0. The van der Waals surface area contributed by atoms with Crippen LogP contribution in [0.2, 0.25) is 0 Å². The lowest BCUT2D eigenvalue weighted by Crippen LogP contribution is -2.30. The largest absolute Gasteiger partial charge is 0.494 e. The number of non-ortho nitro benzene ring substituents is 1. The molecular weight excluding hydrogens is 384 g/mol. The van der Waals surface area contributed by atoms with Gasteiger partial charge in [0.15, 0.2) is 6.10 Å². The van der Waals surface area contributed by atoms with Crippen LogP contribution in [-0.4, -0.2) is 23.5 Å². The van der Waals surface area contributed by atoms with Crippen LogP contribution in [0, 0.1) is 16.0 Å². The molecule has 3 rings (SSSR count). The van der Waals surface area contributed by atoms with Gasteiger partial charge >= 0.3 is 0 Å². The highest BCUT2D eigenvalue weighted by molar-refractivity contribution is 5.94. The first kappa shape index (κ1) is 21.6. The van der Waals surface area contributed by atoms with Gasteiger partial charge < -0.3 is 14.8 Å². The Morgan fingerprint density at radius 2 is 1.70 bits per heavy atom. The Morgan fingerprint density at radius 1 is 1.07 bits per heavy atom. The maximum absolute atomic E-state index is 12.3. The van der Waals surface area contributed by atoms with Crippen LogP contribution in [-0.2, 0) is 4.79 Å². The van der Waals surface area contributed by atoms with Crippen LogP contribution >= 0.6 is 0 Å². The van der Waals surface area contributed by atoms with E-state index in [1.54, 1.807) is 19.1 Å². The predicted octanol–water partition coefficient (Wildman–Crippen LogP) is 5.35. The van der Waals surface area contributed by atoms with Crippen LogP contribution in [0.25, 0.3) is 0 Å². The number of nitro groups is 1. The molecule has 1 fully saturated rings. The van der Waals surface area contributed by atoms with Gasteiger partial charge in [-0.05, 0) is 55.7 Å². The number of nitrogens with one attached hydrogen (secondary N) is 1. The van der Waals surface area contributed by atoms with E-state index in [1.807, 2.05) is 12.1 Å². The maximum Gasteiger partial charge on any atom is 0.269 e. The van der Waals surface area contributed by atoms with Crippen molar-refractivity contribution in [3.63, 3.8) is 0 Å². The fourth-order valence-corrected chi connectivity index (χ4v) is 3.60. The molecule has 0 bridgehead atoms. The van der Waals surface area contributed by atoms with Gasteiger partial charge in [0.2, 0.25) is 0 Å². The van der Waals surface area contributed by atoms with Gasteiger partial charge in [0.1, 0.15) is 11.5 Å². The van der Waals surface area contributed by atoms with Crippen molar-refractivity contribution in [2.75, 3.05) is 11.9 Å². The van der Waals surface area contributed by atoms with E-state index in [1.165, 1.54) is 56.4 Å². The molecule has 2 aromatic carbocycles. The molecule has 0 spiro atoms. The number of rotatable bonds is 9. The zero-order valence-corrected chi connectivity index (χ0v) is 17.2. The average Bonchev–Trinajstić information content (AvgIpc) is 2.76. The first-order chi connectivity index (χ1) is 14.5. The van der Waals surface area contributed by atoms with E-state index in [9.17, 15) is 14.9 Å². The van der Waals surface area contributed by atoms with Crippen molar-refractivity contribution in [1.82, 2.24) is 0 Å². The van der Waals surface area contributed by atoms with Crippen molar-refractivity contribution < 1.29 is 19.2 Å². The molecule has 1 aliphatic rings. The molecule has 0 aromatic heterocycles. The van der Waals surface area contributed by atoms with Crippen LogP contribution in [0.4, 0.5) is 11.4 Å². The minimum Gasteiger partial charge on any atom is -0.494 e. The Hall–Kier alpha value is -3.09. The fourth-order valence-electron chi connectivity index (χ4n) is 3.60. The molecule has 30 heavy (non-hydrogen) atoms. The highest BCUT2D eigenvalue weighted by atomic mass is 16.6. The van der Waals surface area contributed by atoms with Crippen LogP contribution < -0.4 is 14.8 Å². The van der Waals surface area contributed by atoms with Crippen molar-refractivity contribution in [3.8, 4) is 11.5 Å². The van der Waals surface area contributed by atoms with E-state index >= 15 is 0 Å². The molecule has 0 heterocycles. The third-order valence-corrected chi connectivity index (χ3v) is 5.37. The standard InChI is InChI=1S/C23H28N2O5/c1-17(30-22-13-9-20(10-14-22)25(27)28)23(26)24-19-7-11-21(12-8-19)29-16-15-18-5-3-2-4-6-18/h7-14,17-18H,2-6,15-16H2,1H3,(H,24,26). The third kappa shape index (κ3) is 6.47. The molecule has 7 heteroatoms. The Kier molecular flexibility index (Phi) is 7.65. The monoisotopic (exact) mass is 412 g/mol. The third-order valence-electron chi connectivity index (χ3n) is 5.37. The number of benzene rings is 2. The number of ether oxygens (including phenoxy) is 2. The molecule has 1 amide bonds. The van der Waals surface area contributed by atoms with E-state index in [0.29, 0.717) is 11.4 Å². The summed E-state index contributed by atoms with van der Waals surface area (Å²) in [5, 5.41) is 13.5. The normalized spacial score (nSPS) is 15.2. The number of nitrogens with zero attached hydrogens (tertiary/aromatic N) is 1. The summed E-state index contributed by atoms with van der Waals surface area (Å²) in [5.74, 6) is 1.66. The van der Waals surface area contributed by atoms with Crippen molar-refractivity contribution in [1.29, 1.82) is 0 Å². The van der Waals surface area contributed by atoms with Crippen LogP contribution in [0.3, 0.4) is 0 Å². The quantitative estimate of drug-likeness (QED) is 0.443. The molecule has 160 valence electrons. The lowest BCUT2D eigenvalue weighted by molar-refractivity contribution is -0.384. The Morgan fingerprint density at radius 3 is 2.33 bits per heavy atom. The van der Waals surface area contributed by atoms with Gasteiger partial charge in [-0.2, -0.15) is 0 Å².